The predicted molar refractivity (Wildman–Crippen MR) is 128 cm³/mol. The molecule has 10 heteroatoms. The Bertz CT molecular complexity index is 1170. The number of hydrogen-bond acceptors (Lipinski definition) is 6. The number of nitrogens with zero attached hydrogens (tertiary/aromatic N) is 4. The van der Waals surface area contributed by atoms with Crippen LogP contribution in [0.25, 0.3) is 11.1 Å². The summed E-state index contributed by atoms with van der Waals surface area (Å²) in [4.78, 5) is 17.0. The standard InChI is InChI=1S/C24H25Cl2FN4O3/c1-15-22(34-9-6-19-20(25)2-3-21(27)24(19)26)10-16(11-28-15)17-12-29-31(13-17)18-4-7-30(8-5-18)23(33)14-32/h2-3,10-14,18,23,33H,4-9H2,1H3. The number of benzene rings is 1. The van der Waals surface area contributed by atoms with Crippen LogP contribution in [0.1, 0.15) is 30.1 Å². The molecular weight excluding hydrogens is 482 g/mol. The van der Waals surface area contributed by atoms with Gasteiger partial charge in [0.05, 0.1) is 29.6 Å². The summed E-state index contributed by atoms with van der Waals surface area (Å²) in [6.45, 7) is 3.37. The third-order valence-corrected chi connectivity index (χ3v) is 6.86. The van der Waals surface area contributed by atoms with E-state index in [1.807, 2.05) is 23.9 Å². The quantitative estimate of drug-likeness (QED) is 0.358. The molecule has 0 saturated carbocycles. The lowest BCUT2D eigenvalue weighted by Gasteiger charge is -2.33. The number of rotatable bonds is 8. The molecule has 7 nitrogen and oxygen atoms in total. The highest BCUT2D eigenvalue weighted by atomic mass is 35.5. The second-order valence-electron chi connectivity index (χ2n) is 8.25. The fourth-order valence-corrected chi connectivity index (χ4v) is 4.63. The van der Waals surface area contributed by atoms with Crippen LogP contribution in [0.3, 0.4) is 0 Å². The molecule has 0 amide bonds. The minimum atomic E-state index is -1.04. The van der Waals surface area contributed by atoms with Gasteiger partial charge in [-0.2, -0.15) is 5.10 Å². The van der Waals surface area contributed by atoms with Gasteiger partial charge >= 0.3 is 0 Å². The summed E-state index contributed by atoms with van der Waals surface area (Å²) in [5.74, 6) is 0.105. The zero-order valence-corrected chi connectivity index (χ0v) is 20.1. The lowest BCUT2D eigenvalue weighted by molar-refractivity contribution is -0.125. The number of aliphatic hydroxyl groups is 1. The highest BCUT2D eigenvalue weighted by Gasteiger charge is 2.25. The number of aromatic nitrogens is 3. The maximum Gasteiger partial charge on any atom is 0.163 e. The molecular formula is C24H25Cl2FN4O3. The van der Waals surface area contributed by atoms with Crippen molar-refractivity contribution < 1.29 is 19.0 Å². The van der Waals surface area contributed by atoms with Gasteiger partial charge in [0.2, 0.25) is 0 Å². The average Bonchev–Trinajstić information content (AvgIpc) is 3.34. The first kappa shape index (κ1) is 24.6. The number of hydrogen-bond donors (Lipinski definition) is 1. The number of carbonyl (C=O) groups is 1. The van der Waals surface area contributed by atoms with E-state index in [0.29, 0.717) is 42.1 Å². The number of likely N-dealkylation sites (tertiary alicyclic amines) is 1. The summed E-state index contributed by atoms with van der Waals surface area (Å²) in [7, 11) is 0. The van der Waals surface area contributed by atoms with E-state index in [4.69, 9.17) is 27.9 Å². The number of aryl methyl sites for hydroxylation is 1. The highest BCUT2D eigenvalue weighted by Crippen LogP contribution is 2.30. The lowest BCUT2D eigenvalue weighted by Crippen LogP contribution is -2.42. The van der Waals surface area contributed by atoms with Crippen LogP contribution in [0.2, 0.25) is 10.0 Å². The second-order valence-corrected chi connectivity index (χ2v) is 9.04. The topological polar surface area (TPSA) is 80.5 Å². The Hall–Kier alpha value is -2.52. The molecule has 3 heterocycles. The normalized spacial score (nSPS) is 15.9. The first-order valence-electron chi connectivity index (χ1n) is 11.0. The Kier molecular flexibility index (Phi) is 7.83. The molecule has 0 bridgehead atoms. The van der Waals surface area contributed by atoms with Crippen LogP contribution in [0.5, 0.6) is 5.75 Å². The third-order valence-electron chi connectivity index (χ3n) is 6.09. The van der Waals surface area contributed by atoms with E-state index in [0.717, 1.165) is 29.7 Å². The number of aldehydes is 1. The van der Waals surface area contributed by atoms with E-state index >= 15 is 0 Å². The summed E-state index contributed by atoms with van der Waals surface area (Å²) in [6.07, 6.45) is 6.97. The van der Waals surface area contributed by atoms with Gasteiger partial charge in [-0.3, -0.25) is 19.4 Å². The van der Waals surface area contributed by atoms with Crippen molar-refractivity contribution in [3.8, 4) is 16.9 Å². The molecule has 1 N–H and O–H groups in total. The number of carbonyl (C=O) groups excluding carboxylic acids is 1. The number of pyridine rings is 1. The van der Waals surface area contributed by atoms with Crippen molar-refractivity contribution in [1.82, 2.24) is 19.7 Å². The smallest absolute Gasteiger partial charge is 0.163 e. The average molecular weight is 507 g/mol. The first-order chi connectivity index (χ1) is 16.4. The molecule has 0 aliphatic carbocycles. The van der Waals surface area contributed by atoms with Crippen molar-refractivity contribution in [3.05, 3.63) is 63.9 Å². The van der Waals surface area contributed by atoms with E-state index in [-0.39, 0.29) is 17.7 Å². The van der Waals surface area contributed by atoms with Gasteiger partial charge in [0.1, 0.15) is 11.6 Å². The van der Waals surface area contributed by atoms with Crippen molar-refractivity contribution in [2.24, 2.45) is 0 Å². The Labute approximate surface area is 207 Å². The van der Waals surface area contributed by atoms with Crippen molar-refractivity contribution in [1.29, 1.82) is 0 Å². The first-order valence-corrected chi connectivity index (χ1v) is 11.8. The summed E-state index contributed by atoms with van der Waals surface area (Å²) in [5, 5.41) is 14.6. The van der Waals surface area contributed by atoms with E-state index in [9.17, 15) is 14.3 Å². The number of halogens is 3. The number of ether oxygens (including phenoxy) is 1. The van der Waals surface area contributed by atoms with Crippen molar-refractivity contribution in [3.63, 3.8) is 0 Å². The van der Waals surface area contributed by atoms with Crippen LogP contribution in [0, 0.1) is 12.7 Å². The molecule has 1 fully saturated rings. The second kappa shape index (κ2) is 10.8. The van der Waals surface area contributed by atoms with Gasteiger partial charge in [0, 0.05) is 48.1 Å². The summed E-state index contributed by atoms with van der Waals surface area (Å²) in [5.41, 5.74) is 3.01. The number of piperidine rings is 1. The van der Waals surface area contributed by atoms with Gasteiger partial charge < -0.3 is 9.84 Å². The Balaban J connectivity index is 1.41. The predicted octanol–water partition coefficient (Wildman–Crippen LogP) is 4.48. The van der Waals surface area contributed by atoms with E-state index < -0.39 is 12.0 Å². The van der Waals surface area contributed by atoms with E-state index in [1.165, 1.54) is 12.1 Å². The monoisotopic (exact) mass is 506 g/mol. The summed E-state index contributed by atoms with van der Waals surface area (Å²) >= 11 is 12.2. The molecule has 2 aromatic heterocycles. The Morgan fingerprint density at radius 3 is 2.76 bits per heavy atom. The lowest BCUT2D eigenvalue weighted by atomic mass is 10.0. The summed E-state index contributed by atoms with van der Waals surface area (Å²) < 4.78 is 21.6. The Morgan fingerprint density at radius 1 is 1.26 bits per heavy atom. The minimum Gasteiger partial charge on any atom is -0.491 e. The molecule has 1 unspecified atom stereocenters. The van der Waals surface area contributed by atoms with Crippen LogP contribution in [-0.2, 0) is 11.2 Å². The molecule has 4 rings (SSSR count). The number of aliphatic hydroxyl groups excluding tert-OH is 1. The van der Waals surface area contributed by atoms with Gasteiger partial charge in [-0.15, -0.1) is 0 Å². The zero-order valence-electron chi connectivity index (χ0n) is 18.6. The van der Waals surface area contributed by atoms with Crippen molar-refractivity contribution in [2.45, 2.75) is 38.5 Å². The van der Waals surface area contributed by atoms with E-state index in [2.05, 4.69) is 10.1 Å². The minimum absolute atomic E-state index is 0.0126. The van der Waals surface area contributed by atoms with Crippen molar-refractivity contribution in [2.75, 3.05) is 19.7 Å². The molecule has 0 radical (unpaired) electrons. The molecule has 1 saturated heterocycles. The van der Waals surface area contributed by atoms with E-state index in [1.54, 1.807) is 17.3 Å². The SMILES string of the molecule is Cc1ncc(-c2cnn(C3CCN(C(O)C=O)CC3)c2)cc1OCCc1c(Cl)ccc(F)c1Cl. The molecule has 34 heavy (non-hydrogen) atoms. The molecule has 1 atom stereocenters. The fourth-order valence-electron chi connectivity index (χ4n) is 4.07. The van der Waals surface area contributed by atoms with Crippen LogP contribution in [-0.4, -0.2) is 57.0 Å². The molecule has 180 valence electrons. The van der Waals surface area contributed by atoms with Gasteiger partial charge in [-0.1, -0.05) is 23.2 Å². The van der Waals surface area contributed by atoms with Gasteiger partial charge in [-0.25, -0.2) is 4.39 Å². The maximum absolute atomic E-state index is 13.7. The molecule has 3 aromatic rings. The molecule has 0 spiro atoms. The molecule has 1 aliphatic heterocycles. The van der Waals surface area contributed by atoms with Crippen molar-refractivity contribution >= 4 is 29.5 Å². The largest absolute Gasteiger partial charge is 0.491 e. The zero-order chi connectivity index (χ0) is 24.2. The summed E-state index contributed by atoms with van der Waals surface area (Å²) in [6, 6.07) is 4.82. The van der Waals surface area contributed by atoms with Crippen LogP contribution >= 0.6 is 23.2 Å². The van der Waals surface area contributed by atoms with Gasteiger partial charge in [-0.05, 0) is 43.5 Å². The Morgan fingerprint density at radius 2 is 2.03 bits per heavy atom. The van der Waals surface area contributed by atoms with Crippen LogP contribution < -0.4 is 4.74 Å². The van der Waals surface area contributed by atoms with Gasteiger partial charge in [0.25, 0.3) is 0 Å². The third kappa shape index (κ3) is 5.41. The molecule has 1 aliphatic rings. The highest BCUT2D eigenvalue weighted by molar-refractivity contribution is 6.36. The van der Waals surface area contributed by atoms with Gasteiger partial charge in [0.15, 0.2) is 12.5 Å². The molecule has 1 aromatic carbocycles. The fraction of sp³-hybridized carbons (Fsp3) is 0.375. The van der Waals surface area contributed by atoms with Crippen LogP contribution in [0.4, 0.5) is 4.39 Å². The maximum atomic E-state index is 13.7. The van der Waals surface area contributed by atoms with Crippen LogP contribution in [0.15, 0.2) is 36.8 Å².